The lowest BCUT2D eigenvalue weighted by atomic mass is 10.2. The third-order valence-electron chi connectivity index (χ3n) is 1.83. The van der Waals surface area contributed by atoms with Crippen LogP contribution in [0.4, 0.5) is 0 Å². The highest BCUT2D eigenvalue weighted by molar-refractivity contribution is 7.15. The number of rotatable bonds is 0. The summed E-state index contributed by atoms with van der Waals surface area (Å²) in [6, 6.07) is 4.29. The number of aromatic nitrogens is 2. The average molecular weight is 192 g/mol. The maximum Gasteiger partial charge on any atom is 0.0565 e. The number of hydrogen-bond donors (Lipinski definition) is 0. The number of hydrogen-bond acceptors (Lipinski definition) is 4. The largest absolute Gasteiger partial charge is 0.200 e. The van der Waals surface area contributed by atoms with E-state index in [2.05, 4.69) is 20.9 Å². The number of benzene rings is 1. The van der Waals surface area contributed by atoms with Gasteiger partial charge in [0.15, 0.2) is 0 Å². The topological polar surface area (TPSA) is 25.8 Å². The molecule has 0 aliphatic heterocycles. The second kappa shape index (κ2) is 2.24. The van der Waals surface area contributed by atoms with E-state index in [1.165, 1.54) is 43.2 Å². The first-order valence-electron chi connectivity index (χ1n) is 3.52. The molecular weight excluding hydrogens is 188 g/mol. The van der Waals surface area contributed by atoms with Crippen molar-refractivity contribution in [1.29, 1.82) is 0 Å². The van der Waals surface area contributed by atoms with Crippen molar-refractivity contribution >= 4 is 43.2 Å². The van der Waals surface area contributed by atoms with Crippen LogP contribution < -0.4 is 0 Å². The van der Waals surface area contributed by atoms with Gasteiger partial charge in [-0.3, -0.25) is 0 Å². The molecule has 0 aliphatic carbocycles. The summed E-state index contributed by atoms with van der Waals surface area (Å²) < 4.78 is 10.7. The molecule has 3 rings (SSSR count). The summed E-state index contributed by atoms with van der Waals surface area (Å²) in [6.07, 6.45) is 3.80. The highest BCUT2D eigenvalue weighted by Gasteiger charge is 2.00. The first kappa shape index (κ1) is 6.51. The fourth-order valence-corrected chi connectivity index (χ4v) is 2.64. The molecule has 0 atom stereocenters. The Balaban J connectivity index is 2.62. The molecule has 0 radical (unpaired) electrons. The maximum atomic E-state index is 4.13. The molecule has 2 nitrogen and oxygen atoms in total. The molecule has 0 N–H and O–H groups in total. The lowest BCUT2D eigenvalue weighted by molar-refractivity contribution is 1.60. The Kier molecular flexibility index (Phi) is 1.22. The van der Waals surface area contributed by atoms with Gasteiger partial charge in [-0.1, -0.05) is 0 Å². The fraction of sp³-hybridized carbons (Fsp3) is 0. The highest BCUT2D eigenvalue weighted by Crippen LogP contribution is 2.26. The molecule has 0 unspecified atom stereocenters. The minimum absolute atomic E-state index is 1.22. The molecule has 12 heavy (non-hydrogen) atoms. The molecule has 1 aromatic carbocycles. The summed E-state index contributed by atoms with van der Waals surface area (Å²) in [5, 5.41) is 2.43. The van der Waals surface area contributed by atoms with Gasteiger partial charge < -0.3 is 0 Å². The third-order valence-corrected chi connectivity index (χ3v) is 3.35. The average Bonchev–Trinajstić information content (AvgIpc) is 2.64. The first-order chi connectivity index (χ1) is 5.93. The van der Waals surface area contributed by atoms with E-state index in [1.54, 1.807) is 0 Å². The first-order valence-corrected chi connectivity index (χ1v) is 5.07. The predicted molar refractivity (Wildman–Crippen MR) is 52.8 cm³/mol. The lowest BCUT2D eigenvalue weighted by Crippen LogP contribution is -1.62. The van der Waals surface area contributed by atoms with Crippen LogP contribution in [0, 0.1) is 0 Å². The SMILES string of the molecule is c1nsc2cc3sncc3cc12. The molecule has 2 aromatic heterocycles. The molecule has 0 fully saturated rings. The number of fused-ring (bicyclic) bond motifs is 2. The van der Waals surface area contributed by atoms with Crippen molar-refractivity contribution in [2.45, 2.75) is 0 Å². The Morgan fingerprint density at radius 2 is 1.42 bits per heavy atom. The summed E-state index contributed by atoms with van der Waals surface area (Å²) in [4.78, 5) is 0. The van der Waals surface area contributed by atoms with Crippen LogP contribution in [-0.4, -0.2) is 8.75 Å². The molecule has 0 amide bonds. The Bertz CT molecular complexity index is 447. The Morgan fingerprint density at radius 3 is 2.00 bits per heavy atom. The Morgan fingerprint density at radius 1 is 0.833 bits per heavy atom. The van der Waals surface area contributed by atoms with Gasteiger partial charge in [-0.25, -0.2) is 0 Å². The van der Waals surface area contributed by atoms with Crippen LogP contribution in [0.15, 0.2) is 24.5 Å². The van der Waals surface area contributed by atoms with Gasteiger partial charge in [0.1, 0.15) is 0 Å². The van der Waals surface area contributed by atoms with Crippen molar-refractivity contribution in [3.63, 3.8) is 0 Å². The maximum absolute atomic E-state index is 4.13. The van der Waals surface area contributed by atoms with Crippen LogP contribution in [0.5, 0.6) is 0 Å². The summed E-state index contributed by atoms with van der Waals surface area (Å²) in [6.45, 7) is 0. The van der Waals surface area contributed by atoms with E-state index in [0.717, 1.165) is 0 Å². The Hall–Kier alpha value is -1.00. The molecule has 4 heteroatoms. The summed E-state index contributed by atoms with van der Waals surface area (Å²) >= 11 is 3.07. The number of nitrogens with zero attached hydrogens (tertiary/aromatic N) is 2. The minimum Gasteiger partial charge on any atom is -0.200 e. The molecule has 3 aromatic rings. The standard InChI is InChI=1S/C8H4N2S2/c1-5-3-9-11-7(5)2-8-6(1)4-10-12-8/h1-4H. The van der Waals surface area contributed by atoms with Crippen molar-refractivity contribution in [2.75, 3.05) is 0 Å². The van der Waals surface area contributed by atoms with E-state index in [-0.39, 0.29) is 0 Å². The Labute approximate surface area is 76.8 Å². The molecule has 58 valence electrons. The molecule has 0 saturated carbocycles. The van der Waals surface area contributed by atoms with Crippen molar-refractivity contribution in [3.8, 4) is 0 Å². The monoisotopic (exact) mass is 192 g/mol. The summed E-state index contributed by atoms with van der Waals surface area (Å²) in [7, 11) is 0. The molecule has 0 saturated heterocycles. The van der Waals surface area contributed by atoms with Gasteiger partial charge in [-0.05, 0) is 35.2 Å². The van der Waals surface area contributed by atoms with Crippen LogP contribution >= 0.6 is 23.1 Å². The molecular formula is C8H4N2S2. The zero-order valence-electron chi connectivity index (χ0n) is 6.02. The second-order valence-corrected chi connectivity index (χ2v) is 4.25. The zero-order chi connectivity index (χ0) is 7.97. The van der Waals surface area contributed by atoms with Crippen LogP contribution in [0.25, 0.3) is 20.2 Å². The van der Waals surface area contributed by atoms with E-state index < -0.39 is 0 Å². The van der Waals surface area contributed by atoms with Gasteiger partial charge in [0.25, 0.3) is 0 Å². The second-order valence-electron chi connectivity index (χ2n) is 2.58. The van der Waals surface area contributed by atoms with Crippen molar-refractivity contribution in [3.05, 3.63) is 24.5 Å². The van der Waals surface area contributed by atoms with Gasteiger partial charge in [-0.2, -0.15) is 8.75 Å². The van der Waals surface area contributed by atoms with Crippen LogP contribution in [-0.2, 0) is 0 Å². The van der Waals surface area contributed by atoms with Gasteiger partial charge in [0, 0.05) is 23.2 Å². The smallest absolute Gasteiger partial charge is 0.0565 e. The van der Waals surface area contributed by atoms with Crippen LogP contribution in [0.2, 0.25) is 0 Å². The molecule has 0 spiro atoms. The minimum atomic E-state index is 1.22. The zero-order valence-corrected chi connectivity index (χ0v) is 7.65. The van der Waals surface area contributed by atoms with Crippen LogP contribution in [0.1, 0.15) is 0 Å². The third kappa shape index (κ3) is 0.790. The van der Waals surface area contributed by atoms with E-state index in [0.29, 0.717) is 0 Å². The van der Waals surface area contributed by atoms with E-state index in [4.69, 9.17) is 0 Å². The fourth-order valence-electron chi connectivity index (χ4n) is 1.24. The van der Waals surface area contributed by atoms with Crippen molar-refractivity contribution in [2.24, 2.45) is 0 Å². The van der Waals surface area contributed by atoms with Gasteiger partial charge in [0.05, 0.1) is 9.40 Å². The molecule has 0 aliphatic rings. The lowest BCUT2D eigenvalue weighted by Gasteiger charge is -1.86. The van der Waals surface area contributed by atoms with Crippen molar-refractivity contribution in [1.82, 2.24) is 8.75 Å². The van der Waals surface area contributed by atoms with E-state index in [9.17, 15) is 0 Å². The van der Waals surface area contributed by atoms with E-state index in [1.807, 2.05) is 12.4 Å². The normalized spacial score (nSPS) is 11.3. The predicted octanol–water partition coefficient (Wildman–Crippen LogP) is 2.91. The van der Waals surface area contributed by atoms with E-state index >= 15 is 0 Å². The van der Waals surface area contributed by atoms with Gasteiger partial charge >= 0.3 is 0 Å². The van der Waals surface area contributed by atoms with Crippen LogP contribution in [0.3, 0.4) is 0 Å². The summed E-state index contributed by atoms with van der Waals surface area (Å²) in [5.41, 5.74) is 0. The molecule has 2 heterocycles. The quantitative estimate of drug-likeness (QED) is 0.547. The highest BCUT2D eigenvalue weighted by atomic mass is 32.1. The summed E-state index contributed by atoms with van der Waals surface area (Å²) in [5.74, 6) is 0. The van der Waals surface area contributed by atoms with Crippen molar-refractivity contribution < 1.29 is 0 Å². The van der Waals surface area contributed by atoms with Gasteiger partial charge in [-0.15, -0.1) is 0 Å². The molecule has 0 bridgehead atoms. The van der Waals surface area contributed by atoms with Gasteiger partial charge in [0.2, 0.25) is 0 Å².